The predicted molar refractivity (Wildman–Crippen MR) is 134 cm³/mol. The number of aromatic amines is 1. The van der Waals surface area contributed by atoms with Crippen LogP contribution >= 0.6 is 0 Å². The van der Waals surface area contributed by atoms with Gasteiger partial charge in [-0.05, 0) is 58.9 Å². The number of carbonyl (C=O) groups is 3. The highest BCUT2D eigenvalue weighted by atomic mass is 16.5. The average molecular weight is 487 g/mol. The van der Waals surface area contributed by atoms with Crippen molar-refractivity contribution in [3.63, 3.8) is 0 Å². The fourth-order valence-corrected chi connectivity index (χ4v) is 6.08. The van der Waals surface area contributed by atoms with E-state index in [0.29, 0.717) is 41.6 Å². The van der Waals surface area contributed by atoms with Gasteiger partial charge in [0.25, 0.3) is 5.91 Å². The molecule has 2 amide bonds. The molecule has 0 bridgehead atoms. The van der Waals surface area contributed by atoms with Crippen LogP contribution in [0.25, 0.3) is 0 Å². The second-order valence-corrected chi connectivity index (χ2v) is 10.8. The quantitative estimate of drug-likeness (QED) is 0.644. The number of carbonyl (C=O) groups excluding carboxylic acids is 3. The molecule has 4 rings (SSSR count). The molecule has 194 valence electrons. The minimum atomic E-state index is -0.413. The standard InChI is InChI=1S/C27H42N4O4/c1-18(2)35-27(34)23-19(3)24(28-20(23)4)26(33)31-12-8-9-21(17-31)25(32)30-15-13-29(14-16-30)22-10-6-5-7-11-22/h18,21-22,28H,5-17H2,1-4H3. The van der Waals surface area contributed by atoms with Crippen molar-refractivity contribution in [2.24, 2.45) is 5.92 Å². The summed E-state index contributed by atoms with van der Waals surface area (Å²) in [4.78, 5) is 48.8. The van der Waals surface area contributed by atoms with Crippen molar-refractivity contribution in [2.45, 2.75) is 84.8 Å². The molecule has 0 spiro atoms. The summed E-state index contributed by atoms with van der Waals surface area (Å²) in [7, 11) is 0. The minimum Gasteiger partial charge on any atom is -0.459 e. The Morgan fingerprint density at radius 1 is 0.886 bits per heavy atom. The summed E-state index contributed by atoms with van der Waals surface area (Å²) in [5, 5.41) is 0. The predicted octanol–water partition coefficient (Wildman–Crippen LogP) is 3.53. The molecule has 0 radical (unpaired) electrons. The van der Waals surface area contributed by atoms with E-state index < -0.39 is 5.97 Å². The van der Waals surface area contributed by atoms with Gasteiger partial charge in [0.1, 0.15) is 5.69 Å². The Morgan fingerprint density at radius 3 is 2.23 bits per heavy atom. The maximum absolute atomic E-state index is 13.4. The number of amides is 2. The van der Waals surface area contributed by atoms with Crippen LogP contribution < -0.4 is 0 Å². The molecule has 1 aromatic heterocycles. The highest BCUT2D eigenvalue weighted by Gasteiger charge is 2.35. The lowest BCUT2D eigenvalue weighted by atomic mass is 9.93. The lowest BCUT2D eigenvalue weighted by molar-refractivity contribution is -0.139. The fraction of sp³-hybridized carbons (Fsp3) is 0.741. The summed E-state index contributed by atoms with van der Waals surface area (Å²) in [6.07, 6.45) is 8.01. The van der Waals surface area contributed by atoms with E-state index in [-0.39, 0.29) is 23.8 Å². The maximum Gasteiger partial charge on any atom is 0.340 e. The number of nitrogens with one attached hydrogen (secondary N) is 1. The zero-order chi connectivity index (χ0) is 25.1. The van der Waals surface area contributed by atoms with Gasteiger partial charge in [-0.25, -0.2) is 4.79 Å². The molecule has 1 aromatic rings. The molecule has 1 saturated carbocycles. The number of aryl methyl sites for hydroxylation is 1. The summed E-state index contributed by atoms with van der Waals surface area (Å²) in [5.41, 5.74) is 2.11. The van der Waals surface area contributed by atoms with E-state index in [1.165, 1.54) is 32.1 Å². The lowest BCUT2D eigenvalue weighted by Crippen LogP contribution is -2.55. The van der Waals surface area contributed by atoms with Crippen LogP contribution in [0.1, 0.15) is 90.9 Å². The van der Waals surface area contributed by atoms with Crippen molar-refractivity contribution in [3.05, 3.63) is 22.5 Å². The summed E-state index contributed by atoms with van der Waals surface area (Å²) >= 11 is 0. The summed E-state index contributed by atoms with van der Waals surface area (Å²) in [6.45, 7) is 11.7. The van der Waals surface area contributed by atoms with E-state index >= 15 is 0 Å². The number of H-pyrrole nitrogens is 1. The van der Waals surface area contributed by atoms with Crippen molar-refractivity contribution in [2.75, 3.05) is 39.3 Å². The molecule has 1 unspecified atom stereocenters. The third-order valence-electron chi connectivity index (χ3n) is 7.97. The number of piperidine rings is 1. The Morgan fingerprint density at radius 2 is 1.57 bits per heavy atom. The van der Waals surface area contributed by atoms with E-state index in [9.17, 15) is 14.4 Å². The van der Waals surface area contributed by atoms with Gasteiger partial charge in [0, 0.05) is 51.0 Å². The zero-order valence-corrected chi connectivity index (χ0v) is 21.9. The van der Waals surface area contributed by atoms with Gasteiger partial charge in [0.15, 0.2) is 0 Å². The summed E-state index contributed by atoms with van der Waals surface area (Å²) in [6, 6.07) is 0.694. The zero-order valence-electron chi connectivity index (χ0n) is 21.9. The fourth-order valence-electron chi connectivity index (χ4n) is 6.08. The first-order valence-electron chi connectivity index (χ1n) is 13.5. The molecule has 1 N–H and O–H groups in total. The second kappa shape index (κ2) is 11.1. The number of ether oxygens (including phenoxy) is 1. The molecule has 3 heterocycles. The Bertz CT molecular complexity index is 926. The number of hydrogen-bond acceptors (Lipinski definition) is 5. The van der Waals surface area contributed by atoms with Crippen molar-refractivity contribution < 1.29 is 19.1 Å². The molecule has 0 aromatic carbocycles. The van der Waals surface area contributed by atoms with Crippen molar-refractivity contribution in [3.8, 4) is 0 Å². The first-order chi connectivity index (χ1) is 16.8. The van der Waals surface area contributed by atoms with Crippen LogP contribution in [0.3, 0.4) is 0 Å². The van der Waals surface area contributed by atoms with E-state index in [1.807, 2.05) is 18.7 Å². The average Bonchev–Trinajstić information content (AvgIpc) is 3.17. The van der Waals surface area contributed by atoms with Gasteiger partial charge < -0.3 is 19.5 Å². The van der Waals surface area contributed by atoms with Gasteiger partial charge in [0.2, 0.25) is 5.91 Å². The second-order valence-electron chi connectivity index (χ2n) is 10.8. The van der Waals surface area contributed by atoms with Crippen molar-refractivity contribution in [1.82, 2.24) is 19.7 Å². The molecule has 35 heavy (non-hydrogen) atoms. The van der Waals surface area contributed by atoms with Crippen molar-refractivity contribution in [1.29, 1.82) is 0 Å². The molecule has 8 nitrogen and oxygen atoms in total. The maximum atomic E-state index is 13.4. The monoisotopic (exact) mass is 486 g/mol. The van der Waals surface area contributed by atoms with Crippen LogP contribution in [-0.2, 0) is 9.53 Å². The number of likely N-dealkylation sites (tertiary alicyclic amines) is 1. The van der Waals surface area contributed by atoms with Crippen LogP contribution in [0.15, 0.2) is 0 Å². The van der Waals surface area contributed by atoms with Crippen LogP contribution in [0.4, 0.5) is 0 Å². The van der Waals surface area contributed by atoms with Gasteiger partial charge in [-0.3, -0.25) is 14.5 Å². The highest BCUT2D eigenvalue weighted by molar-refractivity contribution is 6.00. The SMILES string of the molecule is Cc1[nH]c(C(=O)N2CCCC(C(=O)N3CCN(C4CCCCC4)CC3)C2)c(C)c1C(=O)OC(C)C. The highest BCUT2D eigenvalue weighted by Crippen LogP contribution is 2.27. The molecule has 1 aliphatic carbocycles. The molecule has 8 heteroatoms. The molecular weight excluding hydrogens is 444 g/mol. The van der Waals surface area contributed by atoms with E-state index in [0.717, 1.165) is 39.0 Å². The lowest BCUT2D eigenvalue weighted by Gasteiger charge is -2.42. The van der Waals surface area contributed by atoms with Crippen LogP contribution in [0.2, 0.25) is 0 Å². The first-order valence-corrected chi connectivity index (χ1v) is 13.5. The molecular formula is C27H42N4O4. The number of aromatic nitrogens is 1. The van der Waals surface area contributed by atoms with Crippen LogP contribution in [0, 0.1) is 19.8 Å². The number of nitrogens with zero attached hydrogens (tertiary/aromatic N) is 3. The van der Waals surface area contributed by atoms with E-state index in [4.69, 9.17) is 4.74 Å². The number of piperazine rings is 1. The number of esters is 1. The van der Waals surface area contributed by atoms with E-state index in [2.05, 4.69) is 9.88 Å². The van der Waals surface area contributed by atoms with Crippen LogP contribution in [-0.4, -0.2) is 88.9 Å². The van der Waals surface area contributed by atoms with Crippen molar-refractivity contribution >= 4 is 17.8 Å². The van der Waals surface area contributed by atoms with Gasteiger partial charge in [-0.1, -0.05) is 19.3 Å². The van der Waals surface area contributed by atoms with Gasteiger partial charge >= 0.3 is 5.97 Å². The van der Waals surface area contributed by atoms with Gasteiger partial charge in [-0.15, -0.1) is 0 Å². The topological polar surface area (TPSA) is 86.0 Å². The van der Waals surface area contributed by atoms with Gasteiger partial charge in [0.05, 0.1) is 17.6 Å². The number of rotatable bonds is 5. The molecule has 3 fully saturated rings. The van der Waals surface area contributed by atoms with E-state index in [1.54, 1.807) is 18.7 Å². The Kier molecular flexibility index (Phi) is 8.19. The third-order valence-corrected chi connectivity index (χ3v) is 7.97. The summed E-state index contributed by atoms with van der Waals surface area (Å²) in [5.74, 6) is -0.528. The number of hydrogen-bond donors (Lipinski definition) is 1. The largest absolute Gasteiger partial charge is 0.459 e. The third kappa shape index (κ3) is 5.74. The minimum absolute atomic E-state index is 0.145. The molecule has 2 saturated heterocycles. The first kappa shape index (κ1) is 25.7. The Balaban J connectivity index is 1.36. The van der Waals surface area contributed by atoms with Crippen LogP contribution in [0.5, 0.6) is 0 Å². The summed E-state index contributed by atoms with van der Waals surface area (Å²) < 4.78 is 5.36. The normalized spacial score (nSPS) is 22.5. The Hall–Kier alpha value is -2.35. The molecule has 3 aliphatic rings. The Labute approximate surface area is 209 Å². The molecule has 1 atom stereocenters. The molecule has 2 aliphatic heterocycles. The van der Waals surface area contributed by atoms with Gasteiger partial charge in [-0.2, -0.15) is 0 Å². The smallest absolute Gasteiger partial charge is 0.340 e.